The summed E-state index contributed by atoms with van der Waals surface area (Å²) in [4.78, 5) is 23.6. The molecule has 5 rings (SSSR count). The Balaban J connectivity index is 0.00000235. The van der Waals surface area contributed by atoms with E-state index in [1.165, 1.54) is 22.2 Å². The highest BCUT2D eigenvalue weighted by Gasteiger charge is 2.42. The zero-order valence-electron chi connectivity index (χ0n) is 26.6. The summed E-state index contributed by atoms with van der Waals surface area (Å²) in [6.07, 6.45) is 4.83. The first-order valence-corrected chi connectivity index (χ1v) is 16.3. The number of pyridine rings is 1. The van der Waals surface area contributed by atoms with Gasteiger partial charge in [0.1, 0.15) is 17.5 Å². The van der Waals surface area contributed by atoms with Crippen molar-refractivity contribution in [3.8, 4) is 0 Å². The topological polar surface area (TPSA) is 117 Å². The van der Waals surface area contributed by atoms with Crippen LogP contribution in [0.5, 0.6) is 0 Å². The number of amides is 1. The molecule has 1 saturated carbocycles. The molecule has 3 heterocycles. The van der Waals surface area contributed by atoms with E-state index in [2.05, 4.69) is 23.1 Å². The molecule has 2 fully saturated rings. The van der Waals surface area contributed by atoms with E-state index in [9.17, 15) is 18.0 Å². The predicted octanol–water partition coefficient (Wildman–Crippen LogP) is 6.18. The lowest BCUT2D eigenvalue weighted by Gasteiger charge is -2.44. The van der Waals surface area contributed by atoms with Gasteiger partial charge in [0, 0.05) is 56.2 Å². The fourth-order valence-corrected chi connectivity index (χ4v) is 6.65. The molecule has 1 saturated heterocycles. The highest BCUT2D eigenvalue weighted by atomic mass is 35.5. The number of hydrogen-bond acceptors (Lipinski definition) is 7. The number of carbonyl (C=O) groups excluding carboxylic acids is 1. The maximum Gasteiger partial charge on any atom is 0.416 e. The maximum atomic E-state index is 14.5. The third kappa shape index (κ3) is 7.39. The van der Waals surface area contributed by atoms with E-state index < -0.39 is 17.2 Å². The van der Waals surface area contributed by atoms with Crippen molar-refractivity contribution in [2.75, 3.05) is 49.4 Å². The molecule has 1 aromatic heterocycles. The molecule has 0 atom stereocenters. The van der Waals surface area contributed by atoms with Crippen molar-refractivity contribution < 1.29 is 18.0 Å². The van der Waals surface area contributed by atoms with Gasteiger partial charge in [-0.25, -0.2) is 4.98 Å². The van der Waals surface area contributed by atoms with Gasteiger partial charge in [0.25, 0.3) is 0 Å². The lowest BCUT2D eigenvalue weighted by atomic mass is 9.62. The van der Waals surface area contributed by atoms with Crippen LogP contribution in [0.2, 0.25) is 0 Å². The second-order valence-electron chi connectivity index (χ2n) is 12.2. The fourth-order valence-electron chi connectivity index (χ4n) is 6.65. The SMILES string of the molecule is C=C1c2cc(CN3CCCCC3)cc(C(F)(F)F)c2CN1c1cc(C2(CC(=N)N(C)C=N)CCC2)cc(N(C=O)CCN)n1.CCl. The molecule has 0 bridgehead atoms. The van der Waals surface area contributed by atoms with Crippen molar-refractivity contribution in [1.29, 1.82) is 10.8 Å². The third-order valence-corrected chi connectivity index (χ3v) is 9.34. The number of halogens is 4. The van der Waals surface area contributed by atoms with Crippen LogP contribution in [0.25, 0.3) is 5.70 Å². The van der Waals surface area contributed by atoms with Crippen molar-refractivity contribution in [3.05, 3.63) is 58.7 Å². The van der Waals surface area contributed by atoms with E-state index in [0.29, 0.717) is 47.8 Å². The lowest BCUT2D eigenvalue weighted by molar-refractivity contribution is -0.138. The summed E-state index contributed by atoms with van der Waals surface area (Å²) in [5.74, 6) is 1.02. The van der Waals surface area contributed by atoms with Crippen LogP contribution < -0.4 is 15.5 Å². The molecule has 1 aliphatic carbocycles. The van der Waals surface area contributed by atoms with Gasteiger partial charge in [-0.3, -0.25) is 25.4 Å². The van der Waals surface area contributed by atoms with Gasteiger partial charge in [-0.1, -0.05) is 19.4 Å². The lowest BCUT2D eigenvalue weighted by Crippen LogP contribution is -2.40. The summed E-state index contributed by atoms with van der Waals surface area (Å²) in [6.45, 7) is 6.80. The smallest absolute Gasteiger partial charge is 0.329 e. The average molecular weight is 661 g/mol. The zero-order valence-corrected chi connectivity index (χ0v) is 27.4. The van der Waals surface area contributed by atoms with Gasteiger partial charge < -0.3 is 15.5 Å². The molecular weight excluding hydrogens is 617 g/mol. The number of fused-ring (bicyclic) bond motifs is 1. The van der Waals surface area contributed by atoms with Gasteiger partial charge in [0.2, 0.25) is 6.41 Å². The number of rotatable bonds is 11. The molecule has 2 aliphatic heterocycles. The van der Waals surface area contributed by atoms with Gasteiger partial charge in [-0.15, -0.1) is 11.6 Å². The van der Waals surface area contributed by atoms with Crippen LogP contribution in [0, 0.1) is 10.8 Å². The Morgan fingerprint density at radius 1 is 1.15 bits per heavy atom. The summed E-state index contributed by atoms with van der Waals surface area (Å²) >= 11 is 4.64. The first-order valence-electron chi connectivity index (χ1n) is 15.5. The van der Waals surface area contributed by atoms with Gasteiger partial charge in [0.05, 0.1) is 18.4 Å². The van der Waals surface area contributed by atoms with Crippen molar-refractivity contribution in [2.24, 2.45) is 5.73 Å². The van der Waals surface area contributed by atoms with E-state index >= 15 is 0 Å². The first-order chi connectivity index (χ1) is 22.0. The number of alkyl halides is 4. The van der Waals surface area contributed by atoms with Crippen LogP contribution in [-0.2, 0) is 29.5 Å². The molecule has 1 amide bonds. The van der Waals surface area contributed by atoms with E-state index in [1.54, 1.807) is 11.9 Å². The first kappa shape index (κ1) is 35.4. The molecule has 4 N–H and O–H groups in total. The van der Waals surface area contributed by atoms with Gasteiger partial charge in [-0.2, -0.15) is 13.2 Å². The molecule has 13 heteroatoms. The molecular formula is C33H44ClF3N8O. The summed E-state index contributed by atoms with van der Waals surface area (Å²) in [5, 5.41) is 16.1. The van der Waals surface area contributed by atoms with Crippen LogP contribution in [0.15, 0.2) is 30.8 Å². The molecule has 3 aliphatic rings. The Kier molecular flexibility index (Phi) is 11.5. The van der Waals surface area contributed by atoms with E-state index in [0.717, 1.165) is 63.5 Å². The second-order valence-corrected chi connectivity index (χ2v) is 12.2. The minimum absolute atomic E-state index is 0.0553. The number of hydrogen-bond donors (Lipinski definition) is 3. The van der Waals surface area contributed by atoms with Crippen molar-refractivity contribution in [3.63, 3.8) is 0 Å². The number of piperidine rings is 1. The van der Waals surface area contributed by atoms with Crippen LogP contribution in [0.1, 0.15) is 72.8 Å². The number of nitrogens with two attached hydrogens (primary N) is 1. The molecule has 9 nitrogen and oxygen atoms in total. The highest BCUT2D eigenvalue weighted by Crippen LogP contribution is 2.49. The summed E-state index contributed by atoms with van der Waals surface area (Å²) < 4.78 is 43.4. The summed E-state index contributed by atoms with van der Waals surface area (Å²) in [5.41, 5.74) is 7.21. The fraction of sp³-hybridized carbons (Fsp3) is 0.515. The Morgan fingerprint density at radius 2 is 1.85 bits per heavy atom. The number of aromatic nitrogens is 1. The average Bonchev–Trinajstić information content (AvgIpc) is 3.37. The van der Waals surface area contributed by atoms with Crippen molar-refractivity contribution in [1.82, 2.24) is 14.8 Å². The number of likely N-dealkylation sites (tertiary alicyclic amines) is 1. The van der Waals surface area contributed by atoms with Gasteiger partial charge in [0.15, 0.2) is 0 Å². The zero-order chi connectivity index (χ0) is 33.6. The van der Waals surface area contributed by atoms with Gasteiger partial charge in [-0.05, 0) is 79.7 Å². The third-order valence-electron chi connectivity index (χ3n) is 9.34. The van der Waals surface area contributed by atoms with Crippen LogP contribution in [-0.4, -0.2) is 73.0 Å². The van der Waals surface area contributed by atoms with Gasteiger partial charge >= 0.3 is 6.18 Å². The van der Waals surface area contributed by atoms with Crippen LogP contribution >= 0.6 is 11.6 Å². The Hall–Kier alpha value is -3.48. The Bertz CT molecular complexity index is 1440. The number of amidine groups is 1. The maximum absolute atomic E-state index is 14.5. The normalized spacial score (nSPS) is 17.4. The number of nitrogens with one attached hydrogen (secondary N) is 2. The molecule has 0 radical (unpaired) electrons. The molecule has 1 aromatic carbocycles. The predicted molar refractivity (Wildman–Crippen MR) is 179 cm³/mol. The highest BCUT2D eigenvalue weighted by molar-refractivity contribution is 6.15. The second kappa shape index (κ2) is 15.0. The number of benzene rings is 1. The van der Waals surface area contributed by atoms with Crippen LogP contribution in [0.4, 0.5) is 24.8 Å². The quantitative estimate of drug-likeness (QED) is 0.115. The largest absolute Gasteiger partial charge is 0.416 e. The Morgan fingerprint density at radius 3 is 2.41 bits per heavy atom. The molecule has 0 unspecified atom stereocenters. The number of nitrogens with zero attached hydrogens (tertiary/aromatic N) is 5. The standard InChI is InChI=1S/C32H41F3N8O.CH3Cl/c1-22-25-13-23(18-41-10-4-3-5-11-41)14-27(32(33,34)35)26(25)19-43(22)30-16-24(15-29(39-30)42(21-44)12-9-36)31(7-6-8-31)17-28(38)40(2)20-37;1-2/h13-16,20-21,37-38H,1,3-12,17-19,36H2,2H3;1H3. The Labute approximate surface area is 274 Å². The van der Waals surface area contributed by atoms with Crippen molar-refractivity contribution in [2.45, 2.75) is 69.6 Å². The van der Waals surface area contributed by atoms with E-state index in [4.69, 9.17) is 21.5 Å². The molecule has 2 aromatic rings. The van der Waals surface area contributed by atoms with E-state index in [1.807, 2.05) is 18.2 Å². The monoisotopic (exact) mass is 660 g/mol. The summed E-state index contributed by atoms with van der Waals surface area (Å²) in [7, 11) is 1.66. The molecule has 0 spiro atoms. The minimum Gasteiger partial charge on any atom is -0.329 e. The number of carbonyl (C=O) groups is 1. The molecule has 250 valence electrons. The number of anilines is 2. The molecule has 46 heavy (non-hydrogen) atoms. The van der Waals surface area contributed by atoms with E-state index in [-0.39, 0.29) is 31.0 Å². The summed E-state index contributed by atoms with van der Waals surface area (Å²) in [6, 6.07) is 6.81. The minimum atomic E-state index is -4.54. The van der Waals surface area contributed by atoms with Crippen LogP contribution in [0.3, 0.4) is 0 Å². The van der Waals surface area contributed by atoms with Crippen molar-refractivity contribution >= 4 is 47.5 Å².